The number of rotatable bonds is 8. The Bertz CT molecular complexity index is 1010. The molecule has 0 atom stereocenters. The first kappa shape index (κ1) is 19.3. The predicted octanol–water partition coefficient (Wildman–Crippen LogP) is 2.82. The lowest BCUT2D eigenvalue weighted by atomic mass is 10.2. The van der Waals surface area contributed by atoms with Gasteiger partial charge in [0.15, 0.2) is 0 Å². The van der Waals surface area contributed by atoms with Crippen LogP contribution in [0.3, 0.4) is 0 Å². The summed E-state index contributed by atoms with van der Waals surface area (Å²) >= 11 is 0. The van der Waals surface area contributed by atoms with Gasteiger partial charge < -0.3 is 9.84 Å². The van der Waals surface area contributed by atoms with Gasteiger partial charge in [-0.1, -0.05) is 30.3 Å². The van der Waals surface area contributed by atoms with E-state index >= 15 is 0 Å². The van der Waals surface area contributed by atoms with Gasteiger partial charge in [-0.25, -0.2) is 8.42 Å². The molecule has 0 unspecified atom stereocenters. The average molecular weight is 386 g/mol. The minimum absolute atomic E-state index is 0.00615. The van der Waals surface area contributed by atoms with Crippen LogP contribution in [0.4, 0.5) is 0 Å². The van der Waals surface area contributed by atoms with E-state index in [4.69, 9.17) is 4.74 Å². The van der Waals surface area contributed by atoms with Gasteiger partial charge in [-0.15, -0.1) is 0 Å². The van der Waals surface area contributed by atoms with Crippen LogP contribution in [0.5, 0.6) is 5.75 Å². The molecule has 3 aromatic rings. The summed E-state index contributed by atoms with van der Waals surface area (Å²) in [7, 11) is -3.84. The molecule has 0 fully saturated rings. The molecule has 142 valence electrons. The Morgan fingerprint density at radius 1 is 1.07 bits per heavy atom. The summed E-state index contributed by atoms with van der Waals surface area (Å²) in [5, 5.41) is 9.91. The van der Waals surface area contributed by atoms with Crippen LogP contribution in [0, 0.1) is 0 Å². The van der Waals surface area contributed by atoms with Crippen molar-refractivity contribution in [3.8, 4) is 5.75 Å². The molecular formula is C20H22N2O4S. The van der Waals surface area contributed by atoms with E-state index in [2.05, 4.69) is 4.98 Å². The number of pyridine rings is 1. The van der Waals surface area contributed by atoms with E-state index in [0.29, 0.717) is 23.3 Å². The number of nitrogens with zero attached hydrogens (tertiary/aromatic N) is 2. The third-order valence-electron chi connectivity index (χ3n) is 4.16. The highest BCUT2D eigenvalue weighted by Crippen LogP contribution is 2.31. The highest BCUT2D eigenvalue weighted by atomic mass is 32.2. The Morgan fingerprint density at radius 3 is 2.56 bits per heavy atom. The molecule has 0 aliphatic carbocycles. The van der Waals surface area contributed by atoms with E-state index in [1.165, 1.54) is 4.31 Å². The van der Waals surface area contributed by atoms with Crippen LogP contribution in [0.1, 0.15) is 12.5 Å². The number of benzene rings is 2. The Hall–Kier alpha value is -2.48. The van der Waals surface area contributed by atoms with Gasteiger partial charge in [-0.3, -0.25) is 4.98 Å². The minimum Gasteiger partial charge on any atom is -0.492 e. The molecule has 0 saturated heterocycles. The minimum atomic E-state index is -3.84. The second-order valence-electron chi connectivity index (χ2n) is 5.94. The van der Waals surface area contributed by atoms with Crippen molar-refractivity contribution in [2.45, 2.75) is 18.4 Å². The number of fused-ring (bicyclic) bond motifs is 1. The van der Waals surface area contributed by atoms with Crippen molar-refractivity contribution in [3.05, 3.63) is 66.4 Å². The number of aliphatic hydroxyl groups is 1. The van der Waals surface area contributed by atoms with Crippen molar-refractivity contribution < 1.29 is 18.3 Å². The predicted molar refractivity (Wildman–Crippen MR) is 104 cm³/mol. The fraction of sp³-hybridized carbons (Fsp3) is 0.250. The molecule has 1 aromatic heterocycles. The molecule has 0 saturated carbocycles. The quantitative estimate of drug-likeness (QED) is 0.644. The molecule has 0 spiro atoms. The summed E-state index contributed by atoms with van der Waals surface area (Å²) in [6.45, 7) is 2.24. The number of hydrogen-bond donors (Lipinski definition) is 1. The third-order valence-corrected chi connectivity index (χ3v) is 6.06. The topological polar surface area (TPSA) is 79.7 Å². The van der Waals surface area contributed by atoms with Crippen LogP contribution in [0.15, 0.2) is 65.7 Å². The van der Waals surface area contributed by atoms with Crippen molar-refractivity contribution in [3.63, 3.8) is 0 Å². The SMILES string of the molecule is CCOc1ccc(S(=O)(=O)N(CCO)Cc2ccccc2)c2cccnc12. The molecule has 2 aromatic carbocycles. The zero-order valence-corrected chi connectivity index (χ0v) is 15.9. The third kappa shape index (κ3) is 4.10. The second-order valence-corrected chi connectivity index (χ2v) is 7.85. The van der Waals surface area contributed by atoms with E-state index in [9.17, 15) is 13.5 Å². The molecule has 0 aliphatic heterocycles. The molecule has 3 rings (SSSR count). The highest BCUT2D eigenvalue weighted by molar-refractivity contribution is 7.89. The van der Waals surface area contributed by atoms with Crippen molar-refractivity contribution in [1.29, 1.82) is 0 Å². The van der Waals surface area contributed by atoms with E-state index in [1.54, 1.807) is 30.5 Å². The van der Waals surface area contributed by atoms with Crippen LogP contribution >= 0.6 is 0 Å². The first-order valence-electron chi connectivity index (χ1n) is 8.73. The Labute approximate surface area is 159 Å². The van der Waals surface area contributed by atoms with E-state index < -0.39 is 10.0 Å². The van der Waals surface area contributed by atoms with Gasteiger partial charge in [-0.2, -0.15) is 4.31 Å². The van der Waals surface area contributed by atoms with Crippen LogP contribution in [0.2, 0.25) is 0 Å². The molecule has 27 heavy (non-hydrogen) atoms. The van der Waals surface area contributed by atoms with Crippen LogP contribution in [-0.2, 0) is 16.6 Å². The van der Waals surface area contributed by atoms with Crippen LogP contribution < -0.4 is 4.74 Å². The maximum Gasteiger partial charge on any atom is 0.244 e. The fourth-order valence-corrected chi connectivity index (χ4v) is 4.54. The molecule has 0 bridgehead atoms. The molecule has 0 radical (unpaired) electrons. The summed E-state index contributed by atoms with van der Waals surface area (Å²) in [6.07, 6.45) is 1.61. The first-order valence-corrected chi connectivity index (χ1v) is 10.2. The van der Waals surface area contributed by atoms with Crippen molar-refractivity contribution in [2.75, 3.05) is 19.8 Å². The second kappa shape index (κ2) is 8.47. The normalized spacial score (nSPS) is 11.8. The van der Waals surface area contributed by atoms with E-state index in [0.717, 1.165) is 5.56 Å². The Balaban J connectivity index is 2.08. The molecule has 0 aliphatic rings. The van der Waals surface area contributed by atoms with E-state index in [1.807, 2.05) is 37.3 Å². The van der Waals surface area contributed by atoms with Crippen molar-refractivity contribution >= 4 is 20.9 Å². The first-order chi connectivity index (χ1) is 13.1. The van der Waals surface area contributed by atoms with Crippen molar-refractivity contribution in [1.82, 2.24) is 9.29 Å². The summed E-state index contributed by atoms with van der Waals surface area (Å²) in [6, 6.07) is 15.9. The van der Waals surface area contributed by atoms with Crippen LogP contribution in [0.25, 0.3) is 10.9 Å². The lowest BCUT2D eigenvalue weighted by Gasteiger charge is -2.22. The number of aliphatic hydroxyl groups excluding tert-OH is 1. The smallest absolute Gasteiger partial charge is 0.244 e. The molecule has 7 heteroatoms. The lowest BCUT2D eigenvalue weighted by molar-refractivity contribution is 0.251. The van der Waals surface area contributed by atoms with E-state index in [-0.39, 0.29) is 24.6 Å². The number of hydrogen-bond acceptors (Lipinski definition) is 5. The van der Waals surface area contributed by atoms with Gasteiger partial charge in [0.25, 0.3) is 0 Å². The molecule has 0 amide bonds. The standard InChI is InChI=1S/C20H22N2O4S/c1-2-26-18-10-11-19(17-9-6-12-21-20(17)18)27(24,25)22(13-14-23)15-16-7-4-3-5-8-16/h3-12,23H,2,13-15H2,1H3. The zero-order valence-electron chi connectivity index (χ0n) is 15.1. The maximum absolute atomic E-state index is 13.4. The fourth-order valence-electron chi connectivity index (χ4n) is 2.94. The van der Waals surface area contributed by atoms with Crippen LogP contribution in [-0.4, -0.2) is 42.6 Å². The van der Waals surface area contributed by atoms with Crippen molar-refractivity contribution in [2.24, 2.45) is 0 Å². The number of ether oxygens (including phenoxy) is 1. The summed E-state index contributed by atoms with van der Waals surface area (Å²) < 4.78 is 33.6. The number of sulfonamides is 1. The zero-order chi connectivity index (χ0) is 19.3. The highest BCUT2D eigenvalue weighted by Gasteiger charge is 2.27. The maximum atomic E-state index is 13.4. The van der Waals surface area contributed by atoms with Gasteiger partial charge in [0.2, 0.25) is 10.0 Å². The molecule has 1 heterocycles. The molecule has 6 nitrogen and oxygen atoms in total. The van der Waals surface area contributed by atoms with Gasteiger partial charge in [0.05, 0.1) is 18.1 Å². The molecular weight excluding hydrogens is 364 g/mol. The number of aromatic nitrogens is 1. The molecule has 1 N–H and O–H groups in total. The Morgan fingerprint density at radius 2 is 1.85 bits per heavy atom. The lowest BCUT2D eigenvalue weighted by Crippen LogP contribution is -2.33. The average Bonchev–Trinajstić information content (AvgIpc) is 2.69. The monoisotopic (exact) mass is 386 g/mol. The van der Waals surface area contributed by atoms with Gasteiger partial charge in [0.1, 0.15) is 11.3 Å². The Kier molecular flexibility index (Phi) is 6.05. The van der Waals surface area contributed by atoms with Gasteiger partial charge >= 0.3 is 0 Å². The van der Waals surface area contributed by atoms with Gasteiger partial charge in [0, 0.05) is 24.7 Å². The summed E-state index contributed by atoms with van der Waals surface area (Å²) in [4.78, 5) is 4.46. The summed E-state index contributed by atoms with van der Waals surface area (Å²) in [5.74, 6) is 0.545. The largest absolute Gasteiger partial charge is 0.492 e. The summed E-state index contributed by atoms with van der Waals surface area (Å²) in [5.41, 5.74) is 1.35. The van der Waals surface area contributed by atoms with Gasteiger partial charge in [-0.05, 0) is 36.8 Å².